The van der Waals surface area contributed by atoms with Gasteiger partial charge in [0.1, 0.15) is 0 Å². The quantitative estimate of drug-likeness (QED) is 0.603. The summed E-state index contributed by atoms with van der Waals surface area (Å²) in [4.78, 5) is 15.0. The molecule has 3 aromatic rings. The smallest absolute Gasteiger partial charge is 0.256 e. The van der Waals surface area contributed by atoms with E-state index in [2.05, 4.69) is 15.3 Å². The number of amides is 1. The summed E-state index contributed by atoms with van der Waals surface area (Å²) in [5.74, 6) is -4.10. The summed E-state index contributed by atoms with van der Waals surface area (Å²) >= 11 is 0. The lowest BCUT2D eigenvalue weighted by atomic mass is 9.81. The van der Waals surface area contributed by atoms with Crippen molar-refractivity contribution in [3.8, 4) is 11.3 Å². The van der Waals surface area contributed by atoms with Crippen molar-refractivity contribution in [3.63, 3.8) is 0 Å². The monoisotopic (exact) mass is 413 g/mol. The predicted octanol–water partition coefficient (Wildman–Crippen LogP) is 3.59. The van der Waals surface area contributed by atoms with E-state index in [1.54, 1.807) is 17.8 Å². The lowest BCUT2D eigenvalue weighted by Crippen LogP contribution is -2.49. The van der Waals surface area contributed by atoms with E-state index in [4.69, 9.17) is 0 Å². The largest absolute Gasteiger partial charge is 0.327 e. The van der Waals surface area contributed by atoms with Gasteiger partial charge in [-0.05, 0) is 43.9 Å². The zero-order valence-electron chi connectivity index (χ0n) is 16.1. The van der Waals surface area contributed by atoms with Crippen molar-refractivity contribution in [2.24, 2.45) is 7.05 Å². The van der Waals surface area contributed by atoms with Crippen LogP contribution in [0, 0.1) is 17.5 Å². The van der Waals surface area contributed by atoms with E-state index < -0.39 is 17.5 Å². The molecular weight excluding hydrogens is 395 g/mol. The number of hydrogen-bond donors (Lipinski definition) is 0. The SMILES string of the molecule is Cn1nc2c(c1-c1cc(F)c(F)c(F)c1)CC1CCCC2N1C(=O)c1ccnnc1. The topological polar surface area (TPSA) is 63.9 Å². The highest BCUT2D eigenvalue weighted by molar-refractivity contribution is 5.94. The van der Waals surface area contributed by atoms with E-state index in [1.165, 1.54) is 12.4 Å². The van der Waals surface area contributed by atoms with Gasteiger partial charge >= 0.3 is 0 Å². The molecule has 2 unspecified atom stereocenters. The molecule has 0 radical (unpaired) electrons. The van der Waals surface area contributed by atoms with Crippen LogP contribution in [-0.2, 0) is 13.5 Å². The molecule has 1 fully saturated rings. The molecule has 1 amide bonds. The van der Waals surface area contributed by atoms with E-state index in [0.29, 0.717) is 17.7 Å². The number of fused-ring (bicyclic) bond motifs is 4. The number of benzene rings is 1. The predicted molar refractivity (Wildman–Crippen MR) is 101 cm³/mol. The summed E-state index contributed by atoms with van der Waals surface area (Å²) in [6, 6.07) is 3.32. The van der Waals surface area contributed by atoms with Gasteiger partial charge in [0, 0.05) is 24.2 Å². The van der Waals surface area contributed by atoms with Crippen LogP contribution in [0.15, 0.2) is 30.6 Å². The lowest BCUT2D eigenvalue weighted by Gasteiger charge is -2.45. The first-order valence-corrected chi connectivity index (χ1v) is 9.75. The van der Waals surface area contributed by atoms with Gasteiger partial charge in [-0.2, -0.15) is 15.3 Å². The Morgan fingerprint density at radius 2 is 1.90 bits per heavy atom. The van der Waals surface area contributed by atoms with Gasteiger partial charge in [-0.3, -0.25) is 9.48 Å². The fourth-order valence-corrected chi connectivity index (χ4v) is 4.77. The van der Waals surface area contributed by atoms with Gasteiger partial charge in [0.25, 0.3) is 5.91 Å². The summed E-state index contributed by atoms with van der Waals surface area (Å²) in [6.45, 7) is 0. The Labute approximate surface area is 170 Å². The Morgan fingerprint density at radius 3 is 2.60 bits per heavy atom. The van der Waals surface area contributed by atoms with Crippen molar-refractivity contribution in [3.05, 3.63) is 64.9 Å². The average Bonchev–Trinajstić information content (AvgIpc) is 3.07. The second-order valence-corrected chi connectivity index (χ2v) is 7.74. The van der Waals surface area contributed by atoms with E-state index in [1.807, 2.05) is 4.90 Å². The molecule has 0 saturated carbocycles. The minimum absolute atomic E-state index is 0.0602. The van der Waals surface area contributed by atoms with Crippen LogP contribution in [0.3, 0.4) is 0 Å². The van der Waals surface area contributed by atoms with Crippen LogP contribution in [0.5, 0.6) is 0 Å². The van der Waals surface area contributed by atoms with Gasteiger partial charge in [-0.1, -0.05) is 0 Å². The molecule has 9 heteroatoms. The van der Waals surface area contributed by atoms with Gasteiger partial charge in [0.05, 0.1) is 35.4 Å². The molecule has 154 valence electrons. The molecule has 2 bridgehead atoms. The number of piperidine rings is 1. The summed E-state index contributed by atoms with van der Waals surface area (Å²) in [5, 5.41) is 12.1. The van der Waals surface area contributed by atoms with Crippen LogP contribution in [0.1, 0.15) is 46.9 Å². The zero-order chi connectivity index (χ0) is 21.0. The third-order valence-corrected chi connectivity index (χ3v) is 6.00. The van der Waals surface area contributed by atoms with Crippen LogP contribution in [0.2, 0.25) is 0 Å². The molecule has 0 aliphatic carbocycles. The van der Waals surface area contributed by atoms with Crippen LogP contribution >= 0.6 is 0 Å². The molecule has 1 aromatic carbocycles. The van der Waals surface area contributed by atoms with Gasteiger partial charge in [0.2, 0.25) is 0 Å². The van der Waals surface area contributed by atoms with Crippen molar-refractivity contribution in [2.45, 2.75) is 37.8 Å². The molecule has 2 atom stereocenters. The van der Waals surface area contributed by atoms with Crippen molar-refractivity contribution < 1.29 is 18.0 Å². The lowest BCUT2D eigenvalue weighted by molar-refractivity contribution is 0.0391. The third kappa shape index (κ3) is 2.79. The Hall–Kier alpha value is -3.23. The maximum absolute atomic E-state index is 13.9. The highest BCUT2D eigenvalue weighted by atomic mass is 19.2. The van der Waals surface area contributed by atoms with E-state index in [9.17, 15) is 18.0 Å². The van der Waals surface area contributed by atoms with Crippen molar-refractivity contribution in [1.82, 2.24) is 24.9 Å². The summed E-state index contributed by atoms with van der Waals surface area (Å²) in [5.41, 5.74) is 2.83. The molecule has 5 rings (SSSR count). The molecule has 1 saturated heterocycles. The second kappa shape index (κ2) is 6.93. The van der Waals surface area contributed by atoms with E-state index in [0.717, 1.165) is 42.7 Å². The fraction of sp³-hybridized carbons (Fsp3) is 0.333. The summed E-state index contributed by atoms with van der Waals surface area (Å²) in [7, 11) is 1.69. The molecule has 0 N–H and O–H groups in total. The van der Waals surface area contributed by atoms with Crippen LogP contribution < -0.4 is 0 Å². The third-order valence-electron chi connectivity index (χ3n) is 6.00. The molecule has 4 heterocycles. The van der Waals surface area contributed by atoms with Gasteiger partial charge in [0.15, 0.2) is 17.5 Å². The molecule has 0 spiro atoms. The highest BCUT2D eigenvalue weighted by Gasteiger charge is 2.43. The number of hydrogen-bond acceptors (Lipinski definition) is 4. The fourth-order valence-electron chi connectivity index (χ4n) is 4.77. The molecule has 6 nitrogen and oxygen atoms in total. The van der Waals surface area contributed by atoms with E-state index in [-0.39, 0.29) is 23.6 Å². The number of aromatic nitrogens is 4. The molecule has 2 aliphatic heterocycles. The van der Waals surface area contributed by atoms with Crippen molar-refractivity contribution >= 4 is 5.91 Å². The molecule has 2 aromatic heterocycles. The first kappa shape index (κ1) is 18.8. The number of aryl methyl sites for hydroxylation is 1. The van der Waals surface area contributed by atoms with Gasteiger partial charge < -0.3 is 4.90 Å². The van der Waals surface area contributed by atoms with Crippen LogP contribution in [0.4, 0.5) is 13.2 Å². The maximum atomic E-state index is 13.9. The first-order chi connectivity index (χ1) is 14.5. The Bertz CT molecular complexity index is 1120. The number of rotatable bonds is 2. The first-order valence-electron chi connectivity index (χ1n) is 9.75. The van der Waals surface area contributed by atoms with E-state index >= 15 is 0 Å². The number of carbonyl (C=O) groups is 1. The Kier molecular flexibility index (Phi) is 4.34. The zero-order valence-corrected chi connectivity index (χ0v) is 16.1. The minimum atomic E-state index is -1.49. The van der Waals surface area contributed by atoms with Crippen LogP contribution in [0.25, 0.3) is 11.3 Å². The van der Waals surface area contributed by atoms with Crippen molar-refractivity contribution in [2.75, 3.05) is 0 Å². The highest BCUT2D eigenvalue weighted by Crippen LogP contribution is 2.45. The van der Waals surface area contributed by atoms with Crippen LogP contribution in [-0.4, -0.2) is 36.8 Å². The second-order valence-electron chi connectivity index (χ2n) is 7.74. The molecule has 2 aliphatic rings. The number of halogens is 3. The normalized spacial score (nSPS) is 20.2. The molecular formula is C21H18F3N5O. The van der Waals surface area contributed by atoms with Gasteiger partial charge in [-0.25, -0.2) is 13.2 Å². The summed E-state index contributed by atoms with van der Waals surface area (Å²) < 4.78 is 42.8. The summed E-state index contributed by atoms with van der Waals surface area (Å²) in [6.07, 6.45) is 5.96. The number of carbonyl (C=O) groups excluding carboxylic acids is 1. The van der Waals surface area contributed by atoms with Crippen molar-refractivity contribution in [1.29, 1.82) is 0 Å². The standard InChI is InChI=1S/C21H18F3N5O/c1-28-20(12-7-15(22)18(24)16(23)8-12)14-9-13-3-2-4-17(19(14)27-28)29(13)21(30)11-5-6-25-26-10-11/h5-8,10,13,17H,2-4,9H2,1H3. The maximum Gasteiger partial charge on any atom is 0.256 e. The Balaban J connectivity index is 1.60. The molecule has 30 heavy (non-hydrogen) atoms. The van der Waals surface area contributed by atoms with Gasteiger partial charge in [-0.15, -0.1) is 0 Å². The average molecular weight is 413 g/mol. The minimum Gasteiger partial charge on any atom is -0.327 e. The Morgan fingerprint density at radius 1 is 1.13 bits per heavy atom. The number of nitrogens with zero attached hydrogens (tertiary/aromatic N) is 5.